The summed E-state index contributed by atoms with van der Waals surface area (Å²) in [5.74, 6) is 3.86. The molecule has 0 spiro atoms. The van der Waals surface area contributed by atoms with Crippen LogP contribution in [-0.4, -0.2) is 62.7 Å². The Hall–Kier alpha value is -6.03. The van der Waals surface area contributed by atoms with Crippen LogP contribution in [0, 0.1) is 11.8 Å². The second-order valence-corrected chi connectivity index (χ2v) is 13.9. The van der Waals surface area contributed by atoms with Crippen LogP contribution in [0.2, 0.25) is 0 Å². The van der Waals surface area contributed by atoms with Gasteiger partial charge in [0.2, 0.25) is 11.8 Å². The SMILES string of the molecule is CC(C)(C)OC(=O)N(Cc1ccc(-c2cc(C(=O)NC3CC(C(=O)NN)C3)no2)cc1)NC(=O)C1CC(NC(=O)c2cc(-c3ccccc3)on2)C1. The van der Waals surface area contributed by atoms with E-state index in [4.69, 9.17) is 19.6 Å². The molecule has 272 valence electrons. The van der Waals surface area contributed by atoms with E-state index in [0.29, 0.717) is 48.3 Å². The van der Waals surface area contributed by atoms with E-state index in [2.05, 4.69) is 31.8 Å². The van der Waals surface area contributed by atoms with Crippen molar-refractivity contribution in [3.05, 3.63) is 83.7 Å². The van der Waals surface area contributed by atoms with E-state index in [1.54, 1.807) is 51.1 Å². The van der Waals surface area contributed by atoms with Crippen LogP contribution in [-0.2, 0) is 20.9 Å². The molecule has 0 atom stereocenters. The van der Waals surface area contributed by atoms with Crippen molar-refractivity contribution >= 4 is 29.7 Å². The number of carbonyl (C=O) groups is 5. The normalized spacial score (nSPS) is 19.3. The Bertz CT molecular complexity index is 1920. The molecule has 4 aromatic rings. The predicted molar refractivity (Wildman–Crippen MR) is 184 cm³/mol. The maximum absolute atomic E-state index is 13.2. The number of ether oxygens (including phenoxy) is 1. The average molecular weight is 713 g/mol. The van der Waals surface area contributed by atoms with Crippen molar-refractivity contribution in [2.24, 2.45) is 17.7 Å². The summed E-state index contributed by atoms with van der Waals surface area (Å²) in [6.07, 6.45) is 0.996. The van der Waals surface area contributed by atoms with E-state index in [0.717, 1.165) is 10.6 Å². The van der Waals surface area contributed by atoms with Crippen LogP contribution in [0.4, 0.5) is 4.79 Å². The number of rotatable bonds is 10. The fourth-order valence-corrected chi connectivity index (χ4v) is 5.82. The van der Waals surface area contributed by atoms with Gasteiger partial charge in [-0.1, -0.05) is 64.9 Å². The predicted octanol–water partition coefficient (Wildman–Crippen LogP) is 3.47. The van der Waals surface area contributed by atoms with Crippen LogP contribution >= 0.6 is 0 Å². The number of benzene rings is 2. The van der Waals surface area contributed by atoms with Gasteiger partial charge in [0.1, 0.15) is 5.60 Å². The summed E-state index contributed by atoms with van der Waals surface area (Å²) in [5, 5.41) is 14.6. The van der Waals surface area contributed by atoms with Crippen LogP contribution in [0.1, 0.15) is 73.0 Å². The molecule has 2 aliphatic carbocycles. The molecule has 5 amide bonds. The molecule has 2 aromatic carbocycles. The Balaban J connectivity index is 1.02. The van der Waals surface area contributed by atoms with Gasteiger partial charge in [-0.25, -0.2) is 15.6 Å². The first-order valence-corrected chi connectivity index (χ1v) is 16.9. The van der Waals surface area contributed by atoms with Crippen LogP contribution in [0.3, 0.4) is 0 Å². The lowest BCUT2D eigenvalue weighted by Crippen LogP contribution is -2.54. The Morgan fingerprint density at radius 2 is 1.27 bits per heavy atom. The summed E-state index contributed by atoms with van der Waals surface area (Å²) in [6, 6.07) is 19.0. The third-order valence-electron chi connectivity index (χ3n) is 8.81. The van der Waals surface area contributed by atoms with Crippen molar-refractivity contribution < 1.29 is 37.8 Å². The van der Waals surface area contributed by atoms with Gasteiger partial charge in [-0.15, -0.1) is 0 Å². The fraction of sp³-hybridized carbons (Fsp3) is 0.361. The van der Waals surface area contributed by atoms with Gasteiger partial charge >= 0.3 is 6.09 Å². The van der Waals surface area contributed by atoms with E-state index in [1.807, 2.05) is 30.3 Å². The summed E-state index contributed by atoms with van der Waals surface area (Å²) in [6.45, 7) is 5.18. The zero-order chi connectivity index (χ0) is 37.0. The number of hydrogen-bond donors (Lipinski definition) is 5. The summed E-state index contributed by atoms with van der Waals surface area (Å²) in [5.41, 5.74) is 6.34. The molecule has 52 heavy (non-hydrogen) atoms. The molecule has 0 unspecified atom stereocenters. The molecular formula is C36H40N8O8. The van der Waals surface area contributed by atoms with Crippen molar-refractivity contribution in [3.63, 3.8) is 0 Å². The third kappa shape index (κ3) is 8.63. The molecule has 0 aliphatic heterocycles. The number of aromatic nitrogens is 2. The molecule has 0 saturated heterocycles. The highest BCUT2D eigenvalue weighted by atomic mass is 16.6. The number of amides is 5. The molecule has 2 aliphatic rings. The smallest absolute Gasteiger partial charge is 0.429 e. The van der Waals surface area contributed by atoms with Gasteiger partial charge in [0, 0.05) is 47.2 Å². The third-order valence-corrected chi connectivity index (χ3v) is 8.81. The molecule has 0 bridgehead atoms. The first kappa shape index (κ1) is 35.8. The molecule has 2 saturated carbocycles. The standard InChI is InChI=1S/C36H40N8O8/c1-36(2,3)50-35(49)44(41-32(46)24-15-26(16-24)39-33(47)27-17-29(51-42-27)21-7-5-4-6-8-21)19-20-9-11-22(12-10-20)30-18-28(43-52-30)34(48)38-25-13-23(14-25)31(45)40-37/h4-12,17-18,23-26H,13-16,19,37H2,1-3H3,(H,38,48)(H,39,47)(H,40,45)(H,41,46). The van der Waals surface area contributed by atoms with Crippen LogP contribution in [0.25, 0.3) is 22.6 Å². The van der Waals surface area contributed by atoms with Gasteiger partial charge in [-0.05, 0) is 52.0 Å². The topological polar surface area (TPSA) is 224 Å². The molecule has 16 nitrogen and oxygen atoms in total. The van der Waals surface area contributed by atoms with Crippen LogP contribution < -0.4 is 27.3 Å². The average Bonchev–Trinajstić information content (AvgIpc) is 3.78. The number of nitrogens with one attached hydrogen (secondary N) is 4. The van der Waals surface area contributed by atoms with Gasteiger partial charge in [0.05, 0.1) is 6.54 Å². The lowest BCUT2D eigenvalue weighted by atomic mass is 9.79. The Morgan fingerprint density at radius 1 is 0.769 bits per heavy atom. The van der Waals surface area contributed by atoms with Gasteiger partial charge < -0.3 is 24.4 Å². The van der Waals surface area contributed by atoms with Gasteiger partial charge in [-0.3, -0.25) is 30.0 Å². The summed E-state index contributed by atoms with van der Waals surface area (Å²) < 4.78 is 16.3. The quantitative estimate of drug-likeness (QED) is 0.0909. The van der Waals surface area contributed by atoms with E-state index in [1.165, 1.54) is 6.07 Å². The molecule has 6 rings (SSSR count). The molecule has 16 heteroatoms. The van der Waals surface area contributed by atoms with E-state index >= 15 is 0 Å². The largest absolute Gasteiger partial charge is 0.442 e. The highest BCUT2D eigenvalue weighted by Gasteiger charge is 2.38. The van der Waals surface area contributed by atoms with Gasteiger partial charge in [0.15, 0.2) is 22.9 Å². The molecule has 2 fully saturated rings. The zero-order valence-corrected chi connectivity index (χ0v) is 28.9. The van der Waals surface area contributed by atoms with E-state index in [9.17, 15) is 24.0 Å². The molecule has 6 N–H and O–H groups in total. The highest BCUT2D eigenvalue weighted by molar-refractivity contribution is 5.94. The molecule has 0 radical (unpaired) electrons. The second kappa shape index (κ2) is 15.1. The summed E-state index contributed by atoms with van der Waals surface area (Å²) in [4.78, 5) is 63.4. The van der Waals surface area contributed by atoms with Crippen LogP contribution in [0.15, 0.2) is 75.8 Å². The minimum absolute atomic E-state index is 0.00164. The monoisotopic (exact) mass is 712 g/mol. The van der Waals surface area contributed by atoms with Gasteiger partial charge in [-0.2, -0.15) is 0 Å². The minimum atomic E-state index is -0.813. The van der Waals surface area contributed by atoms with Gasteiger partial charge in [0.25, 0.3) is 11.8 Å². The van der Waals surface area contributed by atoms with Crippen molar-refractivity contribution in [2.75, 3.05) is 0 Å². The lowest BCUT2D eigenvalue weighted by molar-refractivity contribution is -0.133. The van der Waals surface area contributed by atoms with Crippen molar-refractivity contribution in [3.8, 4) is 22.6 Å². The maximum Gasteiger partial charge on any atom is 0.429 e. The maximum atomic E-state index is 13.2. The zero-order valence-electron chi connectivity index (χ0n) is 28.9. The number of hydrogen-bond acceptors (Lipinski definition) is 11. The van der Waals surface area contributed by atoms with E-state index < -0.39 is 29.4 Å². The lowest BCUT2D eigenvalue weighted by Gasteiger charge is -2.36. The molecule has 2 aromatic heterocycles. The number of hydrazine groups is 2. The molecular weight excluding hydrogens is 672 g/mol. The summed E-state index contributed by atoms with van der Waals surface area (Å²) >= 11 is 0. The second-order valence-electron chi connectivity index (χ2n) is 13.9. The minimum Gasteiger partial charge on any atom is -0.442 e. The Kier molecular flexibility index (Phi) is 10.4. The van der Waals surface area contributed by atoms with Crippen molar-refractivity contribution in [2.45, 2.75) is 70.7 Å². The Labute approximate surface area is 298 Å². The van der Waals surface area contributed by atoms with Crippen LogP contribution in [0.5, 0.6) is 0 Å². The summed E-state index contributed by atoms with van der Waals surface area (Å²) in [7, 11) is 0. The number of carbonyl (C=O) groups excluding carboxylic acids is 5. The number of nitrogens with two attached hydrogens (primary N) is 1. The number of nitrogens with zero attached hydrogens (tertiary/aromatic N) is 3. The first-order valence-electron chi connectivity index (χ1n) is 16.9. The highest BCUT2D eigenvalue weighted by Crippen LogP contribution is 2.30. The first-order chi connectivity index (χ1) is 24.8. The van der Waals surface area contributed by atoms with Crippen molar-refractivity contribution in [1.82, 2.24) is 36.8 Å². The Morgan fingerprint density at radius 3 is 1.77 bits per heavy atom. The van der Waals surface area contributed by atoms with Crippen molar-refractivity contribution in [1.29, 1.82) is 0 Å². The molecule has 2 heterocycles. The fourth-order valence-electron chi connectivity index (χ4n) is 5.82. The van der Waals surface area contributed by atoms with E-state index in [-0.39, 0.29) is 47.7 Å².